The molecule has 2 unspecified atom stereocenters. The monoisotopic (exact) mass is 405 g/mol. The van der Waals surface area contributed by atoms with E-state index in [4.69, 9.17) is 37.1 Å². The summed E-state index contributed by atoms with van der Waals surface area (Å²) in [5, 5.41) is 0.989. The van der Waals surface area contributed by atoms with E-state index in [-0.39, 0.29) is 18.0 Å². The number of halogens is 2. The quantitative estimate of drug-likeness (QED) is 0.544. The number of nitrogens with zero attached hydrogens (tertiary/aromatic N) is 1. The van der Waals surface area contributed by atoms with Gasteiger partial charge in [0.1, 0.15) is 11.6 Å². The summed E-state index contributed by atoms with van der Waals surface area (Å²) in [6, 6.07) is 10.1. The predicted molar refractivity (Wildman–Crippen MR) is 103 cm³/mol. The van der Waals surface area contributed by atoms with Gasteiger partial charge in [0.2, 0.25) is 5.89 Å². The standard InChI is InChI=1S/C20H17Cl2NO4/c1-11(13-4-5-25-10-13)26-20(24)12-2-3-17-18(8-12)27-19(23-17)14-6-15(21)9-16(22)7-14/h2-3,6-9,11,13H,4-5,10H2,1H3. The van der Waals surface area contributed by atoms with Crippen LogP contribution in [-0.4, -0.2) is 30.3 Å². The van der Waals surface area contributed by atoms with Crippen molar-refractivity contribution >= 4 is 40.3 Å². The maximum absolute atomic E-state index is 12.5. The van der Waals surface area contributed by atoms with E-state index in [9.17, 15) is 4.79 Å². The highest BCUT2D eigenvalue weighted by Crippen LogP contribution is 2.30. The Balaban J connectivity index is 1.57. The van der Waals surface area contributed by atoms with Crippen molar-refractivity contribution in [2.45, 2.75) is 19.4 Å². The van der Waals surface area contributed by atoms with E-state index in [1.54, 1.807) is 36.4 Å². The Bertz CT molecular complexity index is 975. The minimum Gasteiger partial charge on any atom is -0.459 e. The molecule has 1 aliphatic heterocycles. The van der Waals surface area contributed by atoms with Crippen molar-refractivity contribution in [2.75, 3.05) is 13.2 Å². The molecule has 0 spiro atoms. The predicted octanol–water partition coefficient (Wildman–Crippen LogP) is 5.38. The Hall–Kier alpha value is -2.08. The fourth-order valence-electron chi connectivity index (χ4n) is 3.11. The van der Waals surface area contributed by atoms with Crippen LogP contribution in [0.15, 0.2) is 40.8 Å². The normalized spacial score (nSPS) is 18.0. The molecular weight excluding hydrogens is 389 g/mol. The van der Waals surface area contributed by atoms with E-state index in [1.807, 2.05) is 6.92 Å². The molecule has 7 heteroatoms. The van der Waals surface area contributed by atoms with E-state index in [2.05, 4.69) is 4.98 Å². The summed E-state index contributed by atoms with van der Waals surface area (Å²) < 4.78 is 16.7. The van der Waals surface area contributed by atoms with Crippen molar-refractivity contribution in [3.05, 3.63) is 52.0 Å². The van der Waals surface area contributed by atoms with Gasteiger partial charge in [-0.25, -0.2) is 9.78 Å². The summed E-state index contributed by atoms with van der Waals surface area (Å²) in [6.07, 6.45) is 0.704. The molecule has 1 fully saturated rings. The molecule has 0 radical (unpaired) electrons. The Morgan fingerprint density at radius 1 is 1.22 bits per heavy atom. The molecule has 0 N–H and O–H groups in total. The molecule has 0 amide bonds. The Labute approximate surface area is 166 Å². The van der Waals surface area contributed by atoms with Gasteiger partial charge in [-0.3, -0.25) is 0 Å². The van der Waals surface area contributed by atoms with Gasteiger partial charge in [0.25, 0.3) is 0 Å². The van der Waals surface area contributed by atoms with Gasteiger partial charge >= 0.3 is 5.97 Å². The highest BCUT2D eigenvalue weighted by molar-refractivity contribution is 6.35. The number of carbonyl (C=O) groups is 1. The molecule has 0 aliphatic carbocycles. The zero-order valence-electron chi connectivity index (χ0n) is 14.6. The highest BCUT2D eigenvalue weighted by Gasteiger charge is 2.26. The summed E-state index contributed by atoms with van der Waals surface area (Å²) in [5.74, 6) is 0.235. The second-order valence-corrected chi connectivity index (χ2v) is 7.47. The fourth-order valence-corrected chi connectivity index (χ4v) is 3.63. The molecule has 2 aromatic carbocycles. The number of carbonyl (C=O) groups excluding carboxylic acids is 1. The lowest BCUT2D eigenvalue weighted by molar-refractivity contribution is 0.0180. The number of benzene rings is 2. The number of fused-ring (bicyclic) bond motifs is 1. The molecule has 2 atom stereocenters. The smallest absolute Gasteiger partial charge is 0.338 e. The first-order valence-corrected chi connectivity index (χ1v) is 9.41. The lowest BCUT2D eigenvalue weighted by Gasteiger charge is -2.18. The second kappa shape index (κ2) is 7.50. The van der Waals surface area contributed by atoms with Gasteiger partial charge in [-0.15, -0.1) is 0 Å². The maximum atomic E-state index is 12.5. The molecule has 5 nitrogen and oxygen atoms in total. The van der Waals surface area contributed by atoms with Crippen molar-refractivity contribution in [1.29, 1.82) is 0 Å². The third kappa shape index (κ3) is 3.95. The third-order valence-electron chi connectivity index (χ3n) is 4.66. The van der Waals surface area contributed by atoms with Crippen LogP contribution in [0.4, 0.5) is 0 Å². The second-order valence-electron chi connectivity index (χ2n) is 6.59. The SMILES string of the molecule is CC(OC(=O)c1ccc2nc(-c3cc(Cl)cc(Cl)c3)oc2c1)C1CCOC1. The highest BCUT2D eigenvalue weighted by atomic mass is 35.5. The van der Waals surface area contributed by atoms with Crippen LogP contribution in [0, 0.1) is 5.92 Å². The molecule has 4 rings (SSSR count). The molecule has 2 heterocycles. The molecular formula is C20H17Cl2NO4. The molecule has 3 aromatic rings. The zero-order chi connectivity index (χ0) is 19.0. The van der Waals surface area contributed by atoms with Crippen LogP contribution < -0.4 is 0 Å². The van der Waals surface area contributed by atoms with Crippen molar-refractivity contribution in [2.24, 2.45) is 5.92 Å². The lowest BCUT2D eigenvalue weighted by Crippen LogP contribution is -2.24. The summed E-state index contributed by atoms with van der Waals surface area (Å²) in [4.78, 5) is 16.9. The van der Waals surface area contributed by atoms with Gasteiger partial charge in [0, 0.05) is 28.1 Å². The van der Waals surface area contributed by atoms with Crippen LogP contribution in [0.2, 0.25) is 10.0 Å². The van der Waals surface area contributed by atoms with Gasteiger partial charge in [-0.1, -0.05) is 23.2 Å². The topological polar surface area (TPSA) is 61.6 Å². The van der Waals surface area contributed by atoms with E-state index in [1.165, 1.54) is 0 Å². The molecule has 1 aliphatic rings. The molecule has 0 bridgehead atoms. The number of oxazole rings is 1. The van der Waals surface area contributed by atoms with Gasteiger partial charge < -0.3 is 13.9 Å². The van der Waals surface area contributed by atoms with E-state index < -0.39 is 0 Å². The van der Waals surface area contributed by atoms with Crippen LogP contribution in [0.25, 0.3) is 22.6 Å². The number of hydrogen-bond donors (Lipinski definition) is 0. The van der Waals surface area contributed by atoms with Gasteiger partial charge in [0.05, 0.1) is 12.2 Å². The van der Waals surface area contributed by atoms with Crippen LogP contribution in [0.1, 0.15) is 23.7 Å². The first kappa shape index (κ1) is 18.3. The van der Waals surface area contributed by atoms with Crippen molar-refractivity contribution in [3.63, 3.8) is 0 Å². The van der Waals surface area contributed by atoms with Crippen molar-refractivity contribution in [3.8, 4) is 11.5 Å². The average molecular weight is 406 g/mol. The Morgan fingerprint density at radius 2 is 2.00 bits per heavy atom. The average Bonchev–Trinajstić information content (AvgIpc) is 3.30. The summed E-state index contributed by atoms with van der Waals surface area (Å²) >= 11 is 12.1. The van der Waals surface area contributed by atoms with Gasteiger partial charge in [-0.05, 0) is 49.7 Å². The Morgan fingerprint density at radius 3 is 2.70 bits per heavy atom. The maximum Gasteiger partial charge on any atom is 0.338 e. The van der Waals surface area contributed by atoms with E-state index in [0.717, 1.165) is 6.42 Å². The van der Waals surface area contributed by atoms with Crippen molar-refractivity contribution < 1.29 is 18.7 Å². The number of rotatable bonds is 4. The zero-order valence-corrected chi connectivity index (χ0v) is 16.1. The number of hydrogen-bond acceptors (Lipinski definition) is 5. The lowest BCUT2D eigenvalue weighted by atomic mass is 10.0. The number of esters is 1. The molecule has 1 aromatic heterocycles. The summed E-state index contributed by atoms with van der Waals surface area (Å²) in [7, 11) is 0. The minimum atomic E-state index is -0.389. The Kier molecular flexibility index (Phi) is 5.08. The molecule has 140 valence electrons. The molecule has 0 saturated carbocycles. The minimum absolute atomic E-state index is 0.199. The first-order valence-electron chi connectivity index (χ1n) is 8.65. The molecule has 27 heavy (non-hydrogen) atoms. The largest absolute Gasteiger partial charge is 0.459 e. The first-order chi connectivity index (χ1) is 13.0. The van der Waals surface area contributed by atoms with Crippen molar-refractivity contribution in [1.82, 2.24) is 4.98 Å². The number of ether oxygens (including phenoxy) is 2. The van der Waals surface area contributed by atoms with Gasteiger partial charge in [0.15, 0.2) is 5.58 Å². The van der Waals surface area contributed by atoms with Crippen LogP contribution in [-0.2, 0) is 9.47 Å². The third-order valence-corrected chi connectivity index (χ3v) is 5.09. The summed E-state index contributed by atoms with van der Waals surface area (Å²) in [5.41, 5.74) is 2.21. The van der Waals surface area contributed by atoms with Crippen LogP contribution >= 0.6 is 23.2 Å². The fraction of sp³-hybridized carbons (Fsp3) is 0.300. The van der Waals surface area contributed by atoms with E-state index in [0.29, 0.717) is 51.4 Å². The van der Waals surface area contributed by atoms with Gasteiger partial charge in [-0.2, -0.15) is 0 Å². The summed E-state index contributed by atoms with van der Waals surface area (Å²) in [6.45, 7) is 3.24. The number of aromatic nitrogens is 1. The molecule has 1 saturated heterocycles. The van der Waals surface area contributed by atoms with Crippen LogP contribution in [0.5, 0.6) is 0 Å². The van der Waals surface area contributed by atoms with Crippen LogP contribution in [0.3, 0.4) is 0 Å². The van der Waals surface area contributed by atoms with E-state index >= 15 is 0 Å².